The van der Waals surface area contributed by atoms with E-state index in [1.165, 1.54) is 11.7 Å². The number of aliphatic hydroxyl groups excluding tert-OH is 3. The second-order valence-electron chi connectivity index (χ2n) is 14.5. The number of rotatable bonds is 23. The number of nitrogens with zero attached hydrogens (tertiary/aromatic N) is 1. The van der Waals surface area contributed by atoms with E-state index in [0.717, 1.165) is 56.7 Å². The third-order valence-electron chi connectivity index (χ3n) is 8.55. The Kier molecular flexibility index (Phi) is 15.6. The summed E-state index contributed by atoms with van der Waals surface area (Å²) < 4.78 is 18.9. The number of quaternary nitrogens is 1. The Labute approximate surface area is 242 Å². The molecule has 4 atom stereocenters. The van der Waals surface area contributed by atoms with Crippen LogP contribution in [0.15, 0.2) is 0 Å². The lowest BCUT2D eigenvalue weighted by molar-refractivity contribution is -0.867. The predicted molar refractivity (Wildman–Crippen MR) is 168 cm³/mol. The minimum absolute atomic E-state index is 0.0609. The minimum Gasteiger partial charge on any atom is -0.417 e. The molecule has 0 amide bonds. The van der Waals surface area contributed by atoms with Crippen LogP contribution in [-0.4, -0.2) is 120 Å². The van der Waals surface area contributed by atoms with Crippen molar-refractivity contribution in [3.05, 3.63) is 0 Å². The predicted octanol–water partition coefficient (Wildman–Crippen LogP) is 4.38. The van der Waals surface area contributed by atoms with Gasteiger partial charge in [0.25, 0.3) is 5.72 Å². The highest BCUT2D eigenvalue weighted by molar-refractivity contribution is 6.95. The fourth-order valence-corrected chi connectivity index (χ4v) is 23.5. The number of ether oxygens (including phenoxy) is 2. The average Bonchev–Trinajstić information content (AvgIpc) is 3.40. The Balaban J connectivity index is 2.71. The smallest absolute Gasteiger partial charge is 0.277 e. The molecule has 0 radical (unpaired) electrons. The van der Waals surface area contributed by atoms with Crippen molar-refractivity contribution in [1.29, 1.82) is 0 Å². The van der Waals surface area contributed by atoms with E-state index in [1.54, 1.807) is 0 Å². The summed E-state index contributed by atoms with van der Waals surface area (Å²) in [5.74, 6) is 0. The quantitative estimate of drug-likeness (QED) is 0.0589. The summed E-state index contributed by atoms with van der Waals surface area (Å²) in [5.41, 5.74) is 0.135. The van der Waals surface area contributed by atoms with Crippen LogP contribution >= 0.6 is 0 Å². The van der Waals surface area contributed by atoms with Gasteiger partial charge < -0.3 is 34.3 Å². The van der Waals surface area contributed by atoms with Crippen LogP contribution in [0.25, 0.3) is 0 Å². The molecule has 11 heteroatoms. The first-order valence-electron chi connectivity index (χ1n) is 15.3. The molecule has 4 unspecified atom stereocenters. The number of aliphatic hydroxyl groups is 4. The molecule has 0 aromatic heterocycles. The van der Waals surface area contributed by atoms with Crippen molar-refractivity contribution < 1.29 is 38.8 Å². The molecule has 234 valence electrons. The average molecular weight is 611 g/mol. The zero-order chi connectivity index (χ0) is 29.8. The molecular weight excluding hydrogens is 547 g/mol. The molecule has 1 fully saturated rings. The van der Waals surface area contributed by atoms with Gasteiger partial charge in [0, 0.05) is 34.5 Å². The Morgan fingerprint density at radius 3 is 2.10 bits per heavy atom. The Morgan fingerprint density at radius 2 is 1.54 bits per heavy atom. The summed E-state index contributed by atoms with van der Waals surface area (Å²) >= 11 is 0. The van der Waals surface area contributed by atoms with Gasteiger partial charge in [-0.1, -0.05) is 50.7 Å². The summed E-state index contributed by atoms with van der Waals surface area (Å²) in [4.78, 5) is 0. The molecule has 1 heterocycles. The zero-order valence-corrected chi connectivity index (χ0v) is 29.7. The Morgan fingerprint density at radius 1 is 0.846 bits per heavy atom. The normalized spacial score (nSPS) is 24.9. The van der Waals surface area contributed by atoms with Gasteiger partial charge in [-0.15, -0.1) is 0 Å². The van der Waals surface area contributed by atoms with Crippen LogP contribution in [0.4, 0.5) is 0 Å². The molecule has 1 rings (SSSR count). The van der Waals surface area contributed by atoms with Gasteiger partial charge in [-0.05, 0) is 58.3 Å². The number of hydrogen-bond donors (Lipinski definition) is 4. The molecule has 4 N–H and O–H groups in total. The molecule has 0 aliphatic carbocycles. The molecule has 0 aromatic carbocycles. The third-order valence-corrected chi connectivity index (χ3v) is 24.2. The lowest BCUT2D eigenvalue weighted by Gasteiger charge is -2.37. The first-order valence-corrected chi connectivity index (χ1v) is 24.7. The highest BCUT2D eigenvalue weighted by Crippen LogP contribution is 2.40. The van der Waals surface area contributed by atoms with Gasteiger partial charge in [0.1, 0.15) is 13.2 Å². The highest BCUT2D eigenvalue weighted by Gasteiger charge is 2.69. The van der Waals surface area contributed by atoms with E-state index in [9.17, 15) is 20.4 Å². The van der Waals surface area contributed by atoms with Crippen LogP contribution < -0.4 is 0 Å². The monoisotopic (exact) mass is 610 g/mol. The van der Waals surface area contributed by atoms with E-state index in [1.807, 2.05) is 0 Å². The maximum Gasteiger partial charge on any atom is 0.277 e. The summed E-state index contributed by atoms with van der Waals surface area (Å²) in [6.45, 7) is 21.6. The lowest BCUT2D eigenvalue weighted by Crippen LogP contribution is -2.44. The second-order valence-corrected chi connectivity index (χ2v) is 29.6. The van der Waals surface area contributed by atoms with Crippen molar-refractivity contribution in [2.45, 2.75) is 120 Å². The third kappa shape index (κ3) is 13.5. The minimum atomic E-state index is -1.83. The second kappa shape index (κ2) is 16.3. The van der Waals surface area contributed by atoms with E-state index in [2.05, 4.69) is 53.9 Å². The van der Waals surface area contributed by atoms with Gasteiger partial charge in [-0.3, -0.25) is 4.48 Å². The van der Waals surface area contributed by atoms with Crippen molar-refractivity contribution in [1.82, 2.24) is 0 Å². The van der Waals surface area contributed by atoms with E-state index in [-0.39, 0.29) is 36.6 Å². The fourth-order valence-electron chi connectivity index (χ4n) is 6.22. The first kappa shape index (κ1) is 37.4. The molecule has 1 saturated heterocycles. The summed E-state index contributed by atoms with van der Waals surface area (Å²) in [7, 11) is -4.88. The molecule has 0 spiro atoms. The fraction of sp³-hybridized carbons (Fsp3) is 1.00. The molecule has 1 aliphatic rings. The van der Waals surface area contributed by atoms with E-state index < -0.39 is 30.2 Å². The number of hydrogen-bond acceptors (Lipinski definition) is 7. The maximum atomic E-state index is 10.8. The van der Waals surface area contributed by atoms with Gasteiger partial charge in [0.2, 0.25) is 0 Å². The summed E-state index contributed by atoms with van der Waals surface area (Å²) in [6, 6.07) is 5.68. The van der Waals surface area contributed by atoms with E-state index in [4.69, 9.17) is 13.9 Å². The molecule has 0 bridgehead atoms. The Bertz CT molecular complexity index is 699. The van der Waals surface area contributed by atoms with Gasteiger partial charge in [0.05, 0.1) is 20.3 Å². The highest BCUT2D eigenvalue weighted by atomic mass is 28.4. The van der Waals surface area contributed by atoms with Crippen LogP contribution in [0, 0.1) is 0 Å². The van der Waals surface area contributed by atoms with Gasteiger partial charge in [-0.25, -0.2) is 0 Å². The molecule has 0 saturated carbocycles. The van der Waals surface area contributed by atoms with Crippen molar-refractivity contribution >= 4 is 24.5 Å². The van der Waals surface area contributed by atoms with Crippen molar-refractivity contribution in [3.63, 3.8) is 0 Å². The topological polar surface area (TPSA) is 109 Å². The van der Waals surface area contributed by atoms with E-state index >= 15 is 0 Å². The molecular formula is C28H64NO7Si3+. The molecule has 0 aromatic rings. The standard InChI is InChI=1S/C28H64NO7Si3/c1-9-18-39(8,22-16-35-27(2,3)4)36-17-21-38(7,26-37(5,6)19-10-13-30)20-11-15-34-24-28(33)23-29(28,25-32)12-14-31/h30-33H,9-26H2,1-8H3/q+1. The maximum absolute atomic E-state index is 10.8. The molecule has 1 aliphatic heterocycles. The van der Waals surface area contributed by atoms with Crippen LogP contribution in [0.5, 0.6) is 0 Å². The SMILES string of the molecule is CCC[Si](C)(CCOC(C)(C)C)OCC[Si](C)(CCCOCC1(O)C[N+]1(CO)CCO)C[Si](C)(C)CCCO. The van der Waals surface area contributed by atoms with Crippen LogP contribution in [0.3, 0.4) is 0 Å². The summed E-state index contributed by atoms with van der Waals surface area (Å²) in [6.07, 6.45) is 3.01. The van der Waals surface area contributed by atoms with Gasteiger partial charge in [0.15, 0.2) is 21.6 Å². The van der Waals surface area contributed by atoms with E-state index in [0.29, 0.717) is 19.7 Å². The van der Waals surface area contributed by atoms with Crippen molar-refractivity contribution in [2.24, 2.45) is 0 Å². The van der Waals surface area contributed by atoms with Crippen molar-refractivity contribution in [2.75, 3.05) is 59.5 Å². The molecule has 39 heavy (non-hydrogen) atoms. The van der Waals surface area contributed by atoms with Gasteiger partial charge in [-0.2, -0.15) is 0 Å². The Hall–Kier alpha value is 0.331. The first-order chi connectivity index (χ1) is 18.0. The van der Waals surface area contributed by atoms with Crippen molar-refractivity contribution in [3.8, 4) is 0 Å². The lowest BCUT2D eigenvalue weighted by atomic mass is 10.2. The van der Waals surface area contributed by atoms with Crippen LogP contribution in [0.1, 0.15) is 47.0 Å². The van der Waals surface area contributed by atoms with Crippen LogP contribution in [-0.2, 0) is 13.9 Å². The van der Waals surface area contributed by atoms with Crippen LogP contribution in [0.2, 0.25) is 62.1 Å². The van der Waals surface area contributed by atoms with Gasteiger partial charge >= 0.3 is 0 Å². The zero-order valence-electron chi connectivity index (χ0n) is 26.7. The largest absolute Gasteiger partial charge is 0.417 e. The summed E-state index contributed by atoms with van der Waals surface area (Å²) in [5, 5.41) is 39.1. The molecule has 8 nitrogen and oxygen atoms in total.